The maximum Gasteiger partial charge on any atom is 0.238 e. The summed E-state index contributed by atoms with van der Waals surface area (Å²) < 4.78 is 31.4. The molecule has 0 saturated heterocycles. The van der Waals surface area contributed by atoms with E-state index in [-0.39, 0.29) is 21.9 Å². The number of thiophene rings is 1. The van der Waals surface area contributed by atoms with Gasteiger partial charge in [0.25, 0.3) is 0 Å². The van der Waals surface area contributed by atoms with Gasteiger partial charge in [0.1, 0.15) is 5.75 Å². The maximum absolute atomic E-state index is 11.5. The van der Waals surface area contributed by atoms with E-state index in [1.165, 1.54) is 23.5 Å². The molecule has 0 saturated carbocycles. The number of hydrogen-bond donors (Lipinski definition) is 1. The number of aromatic nitrogens is 1. The standard InChI is InChI=1S/C23H22ClN3O3S3.BrH/c1-2-30-18-7-5-17(6-8-18)26-23-27(20(15-31-23)21-11-12-22(24)32-21)14-13-16-3-9-19(10-4-16)33(25,28)29;/h3-12,15H,2,13-14H2,1H3,(H2,25,28,29);1H. The van der Waals surface area contributed by atoms with Crippen molar-refractivity contribution in [1.82, 2.24) is 4.57 Å². The van der Waals surface area contributed by atoms with E-state index < -0.39 is 10.0 Å². The molecule has 4 rings (SSSR count). The summed E-state index contributed by atoms with van der Waals surface area (Å²) in [6, 6.07) is 18.2. The normalized spacial score (nSPS) is 11.9. The third-order valence-electron chi connectivity index (χ3n) is 4.87. The summed E-state index contributed by atoms with van der Waals surface area (Å²) in [7, 11) is -3.70. The molecule has 0 aliphatic carbocycles. The molecule has 0 atom stereocenters. The number of thiazole rings is 1. The SMILES string of the molecule is Br.CCOc1ccc(N=c2scc(-c3ccc(Cl)s3)n2CCc2ccc(S(N)(=O)=O)cc2)cc1. The zero-order valence-electron chi connectivity index (χ0n) is 18.2. The first-order valence-corrected chi connectivity index (χ1v) is 13.8. The molecule has 4 aromatic rings. The van der Waals surface area contributed by atoms with Crippen LogP contribution in [0.4, 0.5) is 5.69 Å². The van der Waals surface area contributed by atoms with Crippen LogP contribution in [-0.4, -0.2) is 19.6 Å². The fraction of sp³-hybridized carbons (Fsp3) is 0.174. The van der Waals surface area contributed by atoms with Crippen LogP contribution in [0.25, 0.3) is 10.6 Å². The van der Waals surface area contributed by atoms with Crippen LogP contribution in [0.15, 0.2) is 75.9 Å². The monoisotopic (exact) mass is 599 g/mol. The van der Waals surface area contributed by atoms with Gasteiger partial charge in [0.15, 0.2) is 4.80 Å². The molecule has 34 heavy (non-hydrogen) atoms. The van der Waals surface area contributed by atoms with E-state index >= 15 is 0 Å². The zero-order chi connectivity index (χ0) is 23.4. The van der Waals surface area contributed by atoms with E-state index in [0.29, 0.717) is 19.6 Å². The molecule has 0 fully saturated rings. The van der Waals surface area contributed by atoms with E-state index in [9.17, 15) is 8.42 Å². The number of nitrogens with zero attached hydrogens (tertiary/aromatic N) is 2. The number of benzene rings is 2. The number of halogens is 2. The van der Waals surface area contributed by atoms with Crippen LogP contribution in [-0.2, 0) is 23.0 Å². The van der Waals surface area contributed by atoms with Crippen LogP contribution in [0.2, 0.25) is 4.34 Å². The maximum atomic E-state index is 11.5. The molecule has 0 amide bonds. The first kappa shape index (κ1) is 26.7. The highest BCUT2D eigenvalue weighted by Gasteiger charge is 2.12. The number of primary sulfonamides is 1. The lowest BCUT2D eigenvalue weighted by molar-refractivity contribution is 0.340. The van der Waals surface area contributed by atoms with Crippen LogP contribution in [0.3, 0.4) is 0 Å². The summed E-state index contributed by atoms with van der Waals surface area (Å²) in [4.78, 5) is 6.89. The van der Waals surface area contributed by atoms with Crippen molar-refractivity contribution in [2.24, 2.45) is 10.1 Å². The van der Waals surface area contributed by atoms with Gasteiger partial charge in [0.05, 0.1) is 32.1 Å². The number of hydrogen-bond acceptors (Lipinski definition) is 6. The summed E-state index contributed by atoms with van der Waals surface area (Å²) in [5.74, 6) is 0.812. The van der Waals surface area contributed by atoms with Gasteiger partial charge >= 0.3 is 0 Å². The molecule has 2 heterocycles. The van der Waals surface area contributed by atoms with Gasteiger partial charge in [-0.1, -0.05) is 23.7 Å². The van der Waals surface area contributed by atoms with Crippen molar-refractivity contribution in [3.8, 4) is 16.3 Å². The van der Waals surface area contributed by atoms with Gasteiger partial charge in [0.2, 0.25) is 10.0 Å². The van der Waals surface area contributed by atoms with Gasteiger partial charge < -0.3 is 9.30 Å². The van der Waals surface area contributed by atoms with Crippen molar-refractivity contribution in [1.29, 1.82) is 0 Å². The number of nitrogens with two attached hydrogens (primary N) is 1. The molecule has 2 aromatic carbocycles. The van der Waals surface area contributed by atoms with Crippen molar-refractivity contribution in [3.05, 3.63) is 80.7 Å². The van der Waals surface area contributed by atoms with Gasteiger partial charge in [-0.15, -0.1) is 39.7 Å². The Bertz CT molecular complexity index is 1410. The molecule has 2 aromatic heterocycles. The van der Waals surface area contributed by atoms with Crippen molar-refractivity contribution >= 4 is 67.0 Å². The minimum Gasteiger partial charge on any atom is -0.494 e. The largest absolute Gasteiger partial charge is 0.494 e. The van der Waals surface area contributed by atoms with Crippen molar-refractivity contribution in [2.75, 3.05) is 6.61 Å². The second-order valence-electron chi connectivity index (χ2n) is 7.14. The predicted molar refractivity (Wildman–Crippen MR) is 145 cm³/mol. The third-order valence-corrected chi connectivity index (χ3v) is 7.92. The Balaban J connectivity index is 0.00000324. The summed E-state index contributed by atoms with van der Waals surface area (Å²) in [5.41, 5.74) is 2.88. The molecule has 6 nitrogen and oxygen atoms in total. The smallest absolute Gasteiger partial charge is 0.238 e. The fourth-order valence-electron chi connectivity index (χ4n) is 3.27. The van der Waals surface area contributed by atoms with Crippen LogP contribution in [0.1, 0.15) is 12.5 Å². The molecule has 0 aliphatic rings. The Hall–Kier alpha value is -1.95. The Labute approximate surface area is 222 Å². The van der Waals surface area contributed by atoms with E-state index in [0.717, 1.165) is 36.7 Å². The van der Waals surface area contributed by atoms with E-state index in [1.54, 1.807) is 23.5 Å². The lowest BCUT2D eigenvalue weighted by Crippen LogP contribution is -2.17. The lowest BCUT2D eigenvalue weighted by Gasteiger charge is -2.09. The molecular formula is C23H23BrClN3O3S3. The quantitative estimate of drug-likeness (QED) is 0.268. The molecule has 0 bridgehead atoms. The molecular weight excluding hydrogens is 578 g/mol. The van der Waals surface area contributed by atoms with Crippen LogP contribution in [0.5, 0.6) is 5.75 Å². The summed E-state index contributed by atoms with van der Waals surface area (Å²) >= 11 is 9.27. The number of ether oxygens (including phenoxy) is 1. The average Bonchev–Trinajstić information content (AvgIpc) is 3.39. The highest BCUT2D eigenvalue weighted by atomic mass is 79.9. The number of aryl methyl sites for hydroxylation is 1. The van der Waals surface area contributed by atoms with Crippen molar-refractivity contribution in [3.63, 3.8) is 0 Å². The van der Waals surface area contributed by atoms with Gasteiger partial charge in [-0.3, -0.25) is 0 Å². The number of rotatable bonds is 8. The summed E-state index contributed by atoms with van der Waals surface area (Å²) in [6.45, 7) is 3.24. The second-order valence-corrected chi connectivity index (χ2v) is 11.2. The fourth-order valence-corrected chi connectivity index (χ4v) is 5.87. The average molecular weight is 601 g/mol. The Kier molecular flexibility index (Phi) is 9.14. The lowest BCUT2D eigenvalue weighted by atomic mass is 10.1. The van der Waals surface area contributed by atoms with E-state index in [2.05, 4.69) is 9.95 Å². The minimum atomic E-state index is -3.70. The Morgan fingerprint density at radius 2 is 1.76 bits per heavy atom. The van der Waals surface area contributed by atoms with Gasteiger partial charge in [-0.2, -0.15) is 0 Å². The third kappa shape index (κ3) is 6.59. The summed E-state index contributed by atoms with van der Waals surface area (Å²) in [5, 5.41) is 7.29. The van der Waals surface area contributed by atoms with Gasteiger partial charge in [-0.25, -0.2) is 18.5 Å². The minimum absolute atomic E-state index is 0. The van der Waals surface area contributed by atoms with Gasteiger partial charge in [-0.05, 0) is 67.4 Å². The van der Waals surface area contributed by atoms with Gasteiger partial charge in [0, 0.05) is 11.9 Å². The van der Waals surface area contributed by atoms with Crippen molar-refractivity contribution < 1.29 is 13.2 Å². The highest BCUT2D eigenvalue weighted by Crippen LogP contribution is 2.31. The second kappa shape index (κ2) is 11.7. The van der Waals surface area contributed by atoms with Crippen LogP contribution < -0.4 is 14.7 Å². The molecule has 0 unspecified atom stereocenters. The summed E-state index contributed by atoms with van der Waals surface area (Å²) in [6.07, 6.45) is 0.699. The topological polar surface area (TPSA) is 86.7 Å². The Morgan fingerprint density at radius 3 is 2.35 bits per heavy atom. The molecule has 0 spiro atoms. The first-order chi connectivity index (χ1) is 15.8. The Morgan fingerprint density at radius 1 is 1.06 bits per heavy atom. The predicted octanol–water partition coefficient (Wildman–Crippen LogP) is 6.03. The molecule has 11 heteroatoms. The molecule has 0 radical (unpaired) electrons. The van der Waals surface area contributed by atoms with Crippen LogP contribution in [0, 0.1) is 0 Å². The first-order valence-electron chi connectivity index (χ1n) is 10.2. The number of sulfonamides is 1. The molecule has 180 valence electrons. The van der Waals surface area contributed by atoms with E-state index in [1.807, 2.05) is 43.3 Å². The zero-order valence-corrected chi connectivity index (χ0v) is 23.1. The van der Waals surface area contributed by atoms with Crippen LogP contribution >= 0.6 is 51.3 Å². The van der Waals surface area contributed by atoms with E-state index in [4.69, 9.17) is 26.5 Å². The molecule has 0 aliphatic heterocycles. The highest BCUT2D eigenvalue weighted by molar-refractivity contribution is 8.93. The molecule has 2 N–H and O–H groups in total. The van der Waals surface area contributed by atoms with Crippen molar-refractivity contribution in [2.45, 2.75) is 24.8 Å².